The number of carbonyl (C=O) groups excluding carboxylic acids is 2. The van der Waals surface area contributed by atoms with Crippen molar-refractivity contribution in [2.24, 2.45) is 0 Å². The highest BCUT2D eigenvalue weighted by atomic mass is 16.7. The van der Waals surface area contributed by atoms with Crippen LogP contribution in [0.25, 0.3) is 5.69 Å². The van der Waals surface area contributed by atoms with Gasteiger partial charge in [-0.3, -0.25) is 19.0 Å². The number of fused-ring (bicyclic) bond motifs is 1. The lowest BCUT2D eigenvalue weighted by atomic mass is 10.1. The molecule has 2 aliphatic rings. The minimum atomic E-state index is -0.631. The van der Waals surface area contributed by atoms with Gasteiger partial charge in [0.1, 0.15) is 11.6 Å². The Kier molecular flexibility index (Phi) is 4.77. The molecule has 0 bridgehead atoms. The largest absolute Gasteiger partial charge is 0.454 e. The first-order valence-corrected chi connectivity index (χ1v) is 9.25. The molecule has 2 aliphatic heterocycles. The maximum atomic E-state index is 13.1. The van der Waals surface area contributed by atoms with Gasteiger partial charge in [0.2, 0.25) is 12.7 Å². The lowest BCUT2D eigenvalue weighted by Crippen LogP contribution is -2.47. The first-order chi connectivity index (χ1) is 13.5. The molecule has 1 unspecified atom stereocenters. The molecule has 1 aromatic heterocycles. The van der Waals surface area contributed by atoms with Crippen LogP contribution in [0, 0.1) is 6.92 Å². The summed E-state index contributed by atoms with van der Waals surface area (Å²) in [5.41, 5.74) is 0.687. The van der Waals surface area contributed by atoms with Crippen LogP contribution in [0.15, 0.2) is 35.3 Å². The topological polar surface area (TPSA) is 98.7 Å². The van der Waals surface area contributed by atoms with Gasteiger partial charge in [0.05, 0.1) is 5.69 Å². The molecule has 0 aliphatic carbocycles. The van der Waals surface area contributed by atoms with E-state index in [9.17, 15) is 14.4 Å². The molecule has 1 fully saturated rings. The molecule has 2 N–H and O–H groups in total. The summed E-state index contributed by atoms with van der Waals surface area (Å²) in [5, 5.41) is 5.50. The second kappa shape index (κ2) is 7.38. The second-order valence-electron chi connectivity index (χ2n) is 6.90. The first-order valence-electron chi connectivity index (χ1n) is 9.25. The van der Waals surface area contributed by atoms with E-state index in [2.05, 4.69) is 10.6 Å². The molecule has 0 spiro atoms. The molecule has 1 saturated heterocycles. The number of hydrogen-bond donors (Lipinski definition) is 2. The van der Waals surface area contributed by atoms with Crippen molar-refractivity contribution in [1.82, 2.24) is 15.2 Å². The van der Waals surface area contributed by atoms with Crippen LogP contribution in [0.4, 0.5) is 0 Å². The van der Waals surface area contributed by atoms with Crippen LogP contribution < -0.4 is 25.7 Å². The number of aromatic nitrogens is 1. The Labute approximate surface area is 161 Å². The number of benzene rings is 1. The van der Waals surface area contributed by atoms with Gasteiger partial charge < -0.3 is 20.1 Å². The molecule has 0 saturated carbocycles. The molecule has 8 heteroatoms. The number of rotatable bonds is 3. The smallest absolute Gasteiger partial charge is 0.268 e. The van der Waals surface area contributed by atoms with Gasteiger partial charge in [-0.2, -0.15) is 0 Å². The summed E-state index contributed by atoms with van der Waals surface area (Å²) in [6.45, 7) is 2.44. The molecule has 146 valence electrons. The van der Waals surface area contributed by atoms with Gasteiger partial charge in [-0.05, 0) is 49.9 Å². The number of nitrogens with one attached hydrogen (secondary N) is 2. The minimum absolute atomic E-state index is 0.0252. The van der Waals surface area contributed by atoms with E-state index < -0.39 is 17.5 Å². The molecule has 28 heavy (non-hydrogen) atoms. The summed E-state index contributed by atoms with van der Waals surface area (Å²) < 4.78 is 12.0. The number of carbonyl (C=O) groups is 2. The maximum Gasteiger partial charge on any atom is 0.268 e. The lowest BCUT2D eigenvalue weighted by molar-refractivity contribution is -0.122. The van der Waals surface area contributed by atoms with Gasteiger partial charge >= 0.3 is 0 Å². The fraction of sp³-hybridized carbons (Fsp3) is 0.350. The number of amides is 2. The molecule has 2 amide bonds. The SMILES string of the molecule is Cc1ccn(-c2ccc3c(c2)OCO3)c(=O)c1C(=O)NC1CCCCNC1=O. The van der Waals surface area contributed by atoms with Crippen molar-refractivity contribution in [3.05, 3.63) is 51.9 Å². The highest BCUT2D eigenvalue weighted by Crippen LogP contribution is 2.33. The highest BCUT2D eigenvalue weighted by molar-refractivity contribution is 5.98. The van der Waals surface area contributed by atoms with Gasteiger partial charge in [-0.15, -0.1) is 0 Å². The second-order valence-corrected chi connectivity index (χ2v) is 6.90. The Balaban J connectivity index is 1.66. The van der Waals surface area contributed by atoms with Crippen LogP contribution in [0.1, 0.15) is 35.2 Å². The Morgan fingerprint density at radius 2 is 2.00 bits per heavy atom. The van der Waals surface area contributed by atoms with Crippen LogP contribution in [0.2, 0.25) is 0 Å². The molecule has 0 radical (unpaired) electrons. The summed E-state index contributed by atoms with van der Waals surface area (Å²) in [5.74, 6) is 0.405. The van der Waals surface area contributed by atoms with Gasteiger partial charge in [0.15, 0.2) is 11.5 Å². The molecule has 8 nitrogen and oxygen atoms in total. The van der Waals surface area contributed by atoms with Gasteiger partial charge in [-0.25, -0.2) is 0 Å². The summed E-state index contributed by atoms with van der Waals surface area (Å²) in [6, 6.07) is 6.21. The lowest BCUT2D eigenvalue weighted by Gasteiger charge is -2.16. The standard InChI is InChI=1S/C20H21N3O5/c1-12-7-9-23(13-5-6-15-16(10-13)28-11-27-15)20(26)17(12)19(25)22-14-4-2-3-8-21-18(14)24/h5-7,9-10,14H,2-4,8,11H2,1H3,(H,21,24)(H,22,25). The number of aryl methyl sites for hydroxylation is 1. The Hall–Kier alpha value is -3.29. The van der Waals surface area contributed by atoms with Crippen LogP contribution in [-0.4, -0.2) is 35.8 Å². The van der Waals surface area contributed by atoms with E-state index in [1.54, 1.807) is 37.4 Å². The minimum Gasteiger partial charge on any atom is -0.454 e. The third kappa shape index (κ3) is 3.33. The van der Waals surface area contributed by atoms with Crippen molar-refractivity contribution in [3.63, 3.8) is 0 Å². The van der Waals surface area contributed by atoms with Crippen molar-refractivity contribution in [2.75, 3.05) is 13.3 Å². The van der Waals surface area contributed by atoms with Gasteiger partial charge in [0, 0.05) is 18.8 Å². The average Bonchev–Trinajstić information content (AvgIpc) is 3.05. The van der Waals surface area contributed by atoms with E-state index >= 15 is 0 Å². The van der Waals surface area contributed by atoms with E-state index in [0.717, 1.165) is 12.8 Å². The predicted molar refractivity (Wildman–Crippen MR) is 101 cm³/mol. The average molecular weight is 383 g/mol. The molecular formula is C20H21N3O5. The maximum absolute atomic E-state index is 13.1. The van der Waals surface area contributed by atoms with Crippen molar-refractivity contribution in [3.8, 4) is 17.2 Å². The molecule has 4 rings (SSSR count). The predicted octanol–water partition coefficient (Wildman–Crippen LogP) is 1.27. The summed E-state index contributed by atoms with van der Waals surface area (Å²) in [4.78, 5) is 38.0. The van der Waals surface area contributed by atoms with E-state index in [1.807, 2.05) is 0 Å². The van der Waals surface area contributed by atoms with Crippen LogP contribution >= 0.6 is 0 Å². The zero-order chi connectivity index (χ0) is 19.7. The zero-order valence-corrected chi connectivity index (χ0v) is 15.5. The molecular weight excluding hydrogens is 362 g/mol. The highest BCUT2D eigenvalue weighted by Gasteiger charge is 2.25. The number of ether oxygens (including phenoxy) is 2. The van der Waals surface area contributed by atoms with E-state index in [1.165, 1.54) is 4.57 Å². The van der Waals surface area contributed by atoms with E-state index in [4.69, 9.17) is 9.47 Å². The fourth-order valence-corrected chi connectivity index (χ4v) is 3.45. The van der Waals surface area contributed by atoms with Crippen molar-refractivity contribution >= 4 is 11.8 Å². The molecule has 1 atom stereocenters. The van der Waals surface area contributed by atoms with Gasteiger partial charge in [0.25, 0.3) is 11.5 Å². The zero-order valence-electron chi connectivity index (χ0n) is 15.5. The molecule has 3 heterocycles. The molecule has 1 aromatic carbocycles. The number of pyridine rings is 1. The monoisotopic (exact) mass is 383 g/mol. The Bertz CT molecular complexity index is 998. The Morgan fingerprint density at radius 3 is 2.86 bits per heavy atom. The normalized spacial score (nSPS) is 18.3. The summed E-state index contributed by atoms with van der Waals surface area (Å²) in [6.07, 6.45) is 3.88. The quantitative estimate of drug-likeness (QED) is 0.832. The van der Waals surface area contributed by atoms with Crippen molar-refractivity contribution in [1.29, 1.82) is 0 Å². The third-order valence-corrected chi connectivity index (χ3v) is 5.00. The summed E-state index contributed by atoms with van der Waals surface area (Å²) in [7, 11) is 0. The van der Waals surface area contributed by atoms with E-state index in [-0.39, 0.29) is 18.3 Å². The molecule has 2 aromatic rings. The van der Waals surface area contributed by atoms with Crippen molar-refractivity contribution < 1.29 is 19.1 Å². The Morgan fingerprint density at radius 1 is 1.18 bits per heavy atom. The van der Waals surface area contributed by atoms with Crippen LogP contribution in [0.3, 0.4) is 0 Å². The van der Waals surface area contributed by atoms with Crippen molar-refractivity contribution in [2.45, 2.75) is 32.2 Å². The number of hydrogen-bond acceptors (Lipinski definition) is 5. The van der Waals surface area contributed by atoms with Gasteiger partial charge in [-0.1, -0.05) is 0 Å². The fourth-order valence-electron chi connectivity index (χ4n) is 3.45. The number of nitrogens with zero attached hydrogens (tertiary/aromatic N) is 1. The van der Waals surface area contributed by atoms with Crippen LogP contribution in [-0.2, 0) is 4.79 Å². The van der Waals surface area contributed by atoms with E-state index in [0.29, 0.717) is 35.7 Å². The third-order valence-electron chi connectivity index (χ3n) is 5.00. The summed E-state index contributed by atoms with van der Waals surface area (Å²) >= 11 is 0. The first kappa shape index (κ1) is 18.1. The van der Waals surface area contributed by atoms with Crippen LogP contribution in [0.5, 0.6) is 11.5 Å².